The first-order valence-electron chi connectivity index (χ1n) is 10.2. The van der Waals surface area contributed by atoms with Crippen LogP contribution < -0.4 is 5.73 Å². The average Bonchev–Trinajstić information content (AvgIpc) is 2.81. The van der Waals surface area contributed by atoms with Gasteiger partial charge in [-0.05, 0) is 53.8 Å². The van der Waals surface area contributed by atoms with E-state index < -0.39 is 11.5 Å². The van der Waals surface area contributed by atoms with Crippen molar-refractivity contribution >= 4 is 11.9 Å². The van der Waals surface area contributed by atoms with Gasteiger partial charge in [0.15, 0.2) is 5.96 Å². The van der Waals surface area contributed by atoms with Crippen LogP contribution in [0.5, 0.6) is 0 Å². The summed E-state index contributed by atoms with van der Waals surface area (Å²) in [5, 5.41) is 9.24. The molecule has 1 aliphatic heterocycles. The smallest absolute Gasteiger partial charge is 0.235 e. The number of aliphatic imine (C=N–C) groups is 1. The largest absolute Gasteiger partial charge is 0.369 e. The lowest BCUT2D eigenvalue weighted by Crippen LogP contribution is -2.54. The third-order valence-corrected chi connectivity index (χ3v) is 6.05. The Morgan fingerprint density at radius 1 is 1.03 bits per heavy atom. The van der Waals surface area contributed by atoms with Crippen LogP contribution in [0.4, 0.5) is 0 Å². The molecular weight excluding hydrogens is 384 g/mol. The summed E-state index contributed by atoms with van der Waals surface area (Å²) in [6.45, 7) is 1.98. The molecular formula is C26H24N4O. The summed E-state index contributed by atoms with van der Waals surface area (Å²) < 4.78 is 0. The molecule has 0 radical (unpaired) electrons. The topological polar surface area (TPSA) is 82.5 Å². The molecule has 5 nitrogen and oxygen atoms in total. The molecule has 4 rings (SSSR count). The predicted octanol–water partition coefficient (Wildman–Crippen LogP) is 4.09. The minimum atomic E-state index is -0.813. The molecule has 0 saturated heterocycles. The van der Waals surface area contributed by atoms with Crippen molar-refractivity contribution < 1.29 is 4.79 Å². The molecule has 0 unspecified atom stereocenters. The summed E-state index contributed by atoms with van der Waals surface area (Å²) in [6, 6.07) is 27.6. The first-order valence-corrected chi connectivity index (χ1v) is 10.2. The number of benzene rings is 3. The maximum absolute atomic E-state index is 13.3. The van der Waals surface area contributed by atoms with E-state index in [4.69, 9.17) is 10.7 Å². The van der Waals surface area contributed by atoms with Gasteiger partial charge in [-0.1, -0.05) is 60.7 Å². The van der Waals surface area contributed by atoms with Gasteiger partial charge < -0.3 is 5.73 Å². The van der Waals surface area contributed by atoms with Crippen molar-refractivity contribution in [3.05, 3.63) is 95.6 Å². The van der Waals surface area contributed by atoms with Crippen molar-refractivity contribution in [2.45, 2.75) is 18.9 Å². The second-order valence-corrected chi connectivity index (χ2v) is 8.03. The highest BCUT2D eigenvalue weighted by Crippen LogP contribution is 2.40. The van der Waals surface area contributed by atoms with Gasteiger partial charge >= 0.3 is 0 Å². The van der Waals surface area contributed by atoms with Gasteiger partial charge in [0, 0.05) is 7.05 Å². The Hall–Kier alpha value is -3.91. The van der Waals surface area contributed by atoms with Crippen molar-refractivity contribution in [1.82, 2.24) is 4.90 Å². The molecule has 0 aromatic heterocycles. The molecule has 3 aromatic carbocycles. The Morgan fingerprint density at radius 3 is 2.42 bits per heavy atom. The van der Waals surface area contributed by atoms with Crippen LogP contribution in [0.1, 0.15) is 23.6 Å². The van der Waals surface area contributed by atoms with E-state index in [1.807, 2.05) is 79.7 Å². The molecule has 31 heavy (non-hydrogen) atoms. The first-order chi connectivity index (χ1) is 14.9. The van der Waals surface area contributed by atoms with E-state index in [1.54, 1.807) is 13.1 Å². The Morgan fingerprint density at radius 2 is 1.71 bits per heavy atom. The molecule has 154 valence electrons. The van der Waals surface area contributed by atoms with E-state index in [-0.39, 0.29) is 11.9 Å². The molecule has 0 saturated carbocycles. The van der Waals surface area contributed by atoms with Crippen molar-refractivity contribution in [1.29, 1.82) is 5.26 Å². The lowest BCUT2D eigenvalue weighted by atomic mass is 9.74. The summed E-state index contributed by atoms with van der Waals surface area (Å²) in [5.41, 5.74) is 9.84. The average molecular weight is 409 g/mol. The summed E-state index contributed by atoms with van der Waals surface area (Å²) in [5.74, 6) is -0.225. The number of amides is 1. The monoisotopic (exact) mass is 408 g/mol. The van der Waals surface area contributed by atoms with Gasteiger partial charge in [0.2, 0.25) is 5.91 Å². The summed E-state index contributed by atoms with van der Waals surface area (Å²) in [7, 11) is 1.67. The maximum atomic E-state index is 13.3. The van der Waals surface area contributed by atoms with Crippen LogP contribution in [0, 0.1) is 17.2 Å². The van der Waals surface area contributed by atoms with Crippen molar-refractivity contribution in [3.63, 3.8) is 0 Å². The third kappa shape index (κ3) is 3.80. The lowest BCUT2D eigenvalue weighted by molar-refractivity contribution is -0.134. The molecule has 0 fully saturated rings. The Labute approximate surface area is 182 Å². The van der Waals surface area contributed by atoms with Crippen LogP contribution in [0.3, 0.4) is 0 Å². The maximum Gasteiger partial charge on any atom is 0.235 e. The molecule has 5 heteroatoms. The number of carbonyl (C=O) groups is 1. The first kappa shape index (κ1) is 20.4. The zero-order valence-corrected chi connectivity index (χ0v) is 17.6. The quantitative estimate of drug-likeness (QED) is 0.706. The van der Waals surface area contributed by atoms with Crippen LogP contribution in [-0.4, -0.2) is 23.8 Å². The van der Waals surface area contributed by atoms with Crippen molar-refractivity contribution in [3.8, 4) is 17.2 Å². The van der Waals surface area contributed by atoms with E-state index in [0.29, 0.717) is 12.0 Å². The highest BCUT2D eigenvalue weighted by Gasteiger charge is 2.46. The Balaban J connectivity index is 1.81. The van der Waals surface area contributed by atoms with Crippen LogP contribution in [0.25, 0.3) is 11.1 Å². The predicted molar refractivity (Wildman–Crippen MR) is 122 cm³/mol. The SMILES string of the molecule is CN1C(=O)[C@@H](Cc2ccccc2)[C@@](C)(c2cccc(-c3cccc(C#N)c3)c2)N=C1N. The molecule has 2 atom stereocenters. The van der Waals surface area contributed by atoms with Gasteiger partial charge in [0.25, 0.3) is 0 Å². The molecule has 0 spiro atoms. The number of hydrogen-bond acceptors (Lipinski definition) is 4. The second kappa shape index (κ2) is 8.08. The number of nitrogens with two attached hydrogens (primary N) is 1. The van der Waals surface area contributed by atoms with Crippen LogP contribution in [-0.2, 0) is 16.8 Å². The van der Waals surface area contributed by atoms with Crippen molar-refractivity contribution in [2.24, 2.45) is 16.6 Å². The summed E-state index contributed by atoms with van der Waals surface area (Å²) >= 11 is 0. The summed E-state index contributed by atoms with van der Waals surface area (Å²) in [6.07, 6.45) is 0.561. The van der Waals surface area contributed by atoms with Crippen LogP contribution in [0.2, 0.25) is 0 Å². The van der Waals surface area contributed by atoms with Gasteiger partial charge in [-0.2, -0.15) is 5.26 Å². The number of nitrogens with zero attached hydrogens (tertiary/aromatic N) is 3. The number of carbonyl (C=O) groups excluding carboxylic acids is 1. The summed E-state index contributed by atoms with van der Waals surface area (Å²) in [4.78, 5) is 19.5. The number of nitriles is 1. The molecule has 1 heterocycles. The fourth-order valence-electron chi connectivity index (χ4n) is 4.16. The third-order valence-electron chi connectivity index (χ3n) is 6.05. The van der Waals surface area contributed by atoms with Gasteiger partial charge in [-0.3, -0.25) is 9.69 Å². The number of hydrogen-bond donors (Lipinski definition) is 1. The number of guanidine groups is 1. The Bertz CT molecular complexity index is 1200. The highest BCUT2D eigenvalue weighted by molar-refractivity contribution is 6.00. The normalized spacial score (nSPS) is 20.8. The molecule has 2 N–H and O–H groups in total. The molecule has 1 aliphatic rings. The van der Waals surface area contributed by atoms with E-state index >= 15 is 0 Å². The van der Waals surface area contributed by atoms with Gasteiger partial charge in [-0.15, -0.1) is 0 Å². The fraction of sp³-hybridized carbons (Fsp3) is 0.192. The minimum Gasteiger partial charge on any atom is -0.369 e. The fourth-order valence-corrected chi connectivity index (χ4v) is 4.16. The lowest BCUT2D eigenvalue weighted by Gasteiger charge is -2.41. The zero-order valence-electron chi connectivity index (χ0n) is 17.6. The second-order valence-electron chi connectivity index (χ2n) is 8.03. The van der Waals surface area contributed by atoms with E-state index in [1.165, 1.54) is 4.90 Å². The van der Waals surface area contributed by atoms with Gasteiger partial charge in [-0.25, -0.2) is 4.99 Å². The Kier molecular flexibility index (Phi) is 5.31. The molecule has 3 aromatic rings. The molecule has 0 aliphatic carbocycles. The molecule has 1 amide bonds. The van der Waals surface area contributed by atoms with Crippen LogP contribution in [0.15, 0.2) is 83.9 Å². The van der Waals surface area contributed by atoms with E-state index in [0.717, 1.165) is 22.3 Å². The minimum absolute atomic E-state index is 0.0456. The van der Waals surface area contributed by atoms with E-state index in [9.17, 15) is 10.1 Å². The standard InChI is InChI=1S/C26H24N4O/c1-26(22-13-7-12-21(16-22)20-11-6-10-19(14-20)17-27)23(15-18-8-4-3-5-9-18)24(31)30(2)25(28)29-26/h3-14,16,23H,15H2,1-2H3,(H2,28,29)/t23-,26-/m1/s1. The molecule has 0 bridgehead atoms. The van der Waals surface area contributed by atoms with Crippen molar-refractivity contribution in [2.75, 3.05) is 7.05 Å². The van der Waals surface area contributed by atoms with E-state index in [2.05, 4.69) is 6.07 Å². The number of rotatable bonds is 4. The highest BCUT2D eigenvalue weighted by atomic mass is 16.2. The van der Waals surface area contributed by atoms with Crippen LogP contribution >= 0.6 is 0 Å². The van der Waals surface area contributed by atoms with Gasteiger partial charge in [0.05, 0.1) is 23.1 Å². The van der Waals surface area contributed by atoms with Gasteiger partial charge in [0.1, 0.15) is 0 Å². The zero-order chi connectivity index (χ0) is 22.0.